The molecule has 0 aliphatic carbocycles. The lowest BCUT2D eigenvalue weighted by Gasteiger charge is -2.51. The van der Waals surface area contributed by atoms with Gasteiger partial charge in [0.25, 0.3) is 23.6 Å². The molecule has 5 rings (SSSR count). The topological polar surface area (TPSA) is 231 Å². The number of carbonyl (C=O) groups excluding carboxylic acids is 7. The molecule has 1 aromatic carbocycles. The molecule has 4 aliphatic rings. The molecule has 0 bridgehead atoms. The van der Waals surface area contributed by atoms with E-state index in [0.29, 0.717) is 10.5 Å². The first-order chi connectivity index (χ1) is 26.0. The average Bonchev–Trinajstić information content (AvgIpc) is 3.44. The molecular formula is C37H44N2O16. The molecule has 0 saturated carbocycles. The van der Waals surface area contributed by atoms with Crippen molar-refractivity contribution in [3.63, 3.8) is 0 Å². The number of carbonyl (C=O) groups is 7. The number of ether oxygens (including phenoxy) is 7. The van der Waals surface area contributed by atoms with Crippen LogP contribution in [0.4, 0.5) is 0 Å². The minimum Gasteiger partial charge on any atom is -0.463 e. The van der Waals surface area contributed by atoms with Gasteiger partial charge in [0, 0.05) is 43.1 Å². The SMILES string of the molecule is CC(=O)OC[C@H]1O[C@@H](O[C@H]2[C@H](O)[C@@H](CO)O[C@@H](OCc3ccccc3)[C@@H]2N2C(=O)C(C)=C(C)C2=O)[C@H](N2C(=O)C(C)=C(C)C2=O)[C@@H](OC(C)=O)[C@@H]1OC(C)=O. The summed E-state index contributed by atoms with van der Waals surface area (Å²) in [5.74, 6) is -5.84. The molecular weight excluding hydrogens is 728 g/mol. The van der Waals surface area contributed by atoms with E-state index in [9.17, 15) is 43.8 Å². The van der Waals surface area contributed by atoms with Crippen molar-refractivity contribution in [1.29, 1.82) is 0 Å². The van der Waals surface area contributed by atoms with Gasteiger partial charge in [-0.05, 0) is 33.3 Å². The highest BCUT2D eigenvalue weighted by Crippen LogP contribution is 2.39. The van der Waals surface area contributed by atoms with Crippen molar-refractivity contribution in [2.24, 2.45) is 0 Å². The molecule has 10 atom stereocenters. The Bertz CT molecular complexity index is 1740. The van der Waals surface area contributed by atoms with Crippen molar-refractivity contribution in [2.45, 2.75) is 116 Å². The van der Waals surface area contributed by atoms with E-state index in [1.54, 1.807) is 30.3 Å². The fourth-order valence-corrected chi connectivity index (χ4v) is 6.89. The van der Waals surface area contributed by atoms with Crippen molar-refractivity contribution in [1.82, 2.24) is 9.80 Å². The highest BCUT2D eigenvalue weighted by atomic mass is 16.7. The zero-order valence-corrected chi connectivity index (χ0v) is 31.3. The number of amides is 4. The number of aliphatic hydroxyl groups is 2. The Balaban J connectivity index is 1.66. The van der Waals surface area contributed by atoms with E-state index in [2.05, 4.69) is 0 Å². The average molecular weight is 773 g/mol. The second-order valence-corrected chi connectivity index (χ2v) is 13.5. The molecule has 2 saturated heterocycles. The van der Waals surface area contributed by atoms with Crippen molar-refractivity contribution in [3.8, 4) is 0 Å². The van der Waals surface area contributed by atoms with Crippen LogP contribution in [0.1, 0.15) is 54.0 Å². The second-order valence-electron chi connectivity index (χ2n) is 13.5. The number of aliphatic hydroxyl groups excluding tert-OH is 2. The van der Waals surface area contributed by atoms with Gasteiger partial charge < -0.3 is 43.4 Å². The maximum absolute atomic E-state index is 13.8. The lowest BCUT2D eigenvalue weighted by atomic mass is 9.92. The summed E-state index contributed by atoms with van der Waals surface area (Å²) in [6.07, 6.45) is -13.4. The highest BCUT2D eigenvalue weighted by Gasteiger charge is 2.60. The van der Waals surface area contributed by atoms with E-state index < -0.39 is 116 Å². The Morgan fingerprint density at radius 2 is 1.15 bits per heavy atom. The molecule has 18 nitrogen and oxygen atoms in total. The normalized spacial score (nSPS) is 31.4. The fourth-order valence-electron chi connectivity index (χ4n) is 6.89. The van der Waals surface area contributed by atoms with Crippen LogP contribution in [0, 0.1) is 0 Å². The number of hydrogen-bond donors (Lipinski definition) is 2. The minimum atomic E-state index is -1.93. The van der Waals surface area contributed by atoms with Gasteiger partial charge in [0.1, 0.15) is 43.1 Å². The van der Waals surface area contributed by atoms with Crippen LogP contribution in [-0.4, -0.2) is 136 Å². The third kappa shape index (κ3) is 8.24. The van der Waals surface area contributed by atoms with Crippen LogP contribution in [0.15, 0.2) is 52.6 Å². The first-order valence-corrected chi connectivity index (χ1v) is 17.5. The monoisotopic (exact) mass is 772 g/mol. The predicted molar refractivity (Wildman–Crippen MR) is 182 cm³/mol. The molecule has 18 heteroatoms. The lowest BCUT2D eigenvalue weighted by Crippen LogP contribution is -2.71. The van der Waals surface area contributed by atoms with E-state index in [0.717, 1.165) is 25.7 Å². The molecule has 2 N–H and O–H groups in total. The highest BCUT2D eigenvalue weighted by molar-refractivity contribution is 6.19. The predicted octanol–water partition coefficient (Wildman–Crippen LogP) is -0.0345. The van der Waals surface area contributed by atoms with Crippen LogP contribution in [0.2, 0.25) is 0 Å². The molecule has 298 valence electrons. The Morgan fingerprint density at radius 1 is 0.673 bits per heavy atom. The van der Waals surface area contributed by atoms with Gasteiger partial charge in [0.05, 0.1) is 13.2 Å². The summed E-state index contributed by atoms with van der Waals surface area (Å²) >= 11 is 0. The number of esters is 3. The van der Waals surface area contributed by atoms with Gasteiger partial charge in [-0.25, -0.2) is 0 Å². The summed E-state index contributed by atoms with van der Waals surface area (Å²) in [4.78, 5) is 93.6. The van der Waals surface area contributed by atoms with Gasteiger partial charge in [0.2, 0.25) is 0 Å². The Hall–Kier alpha value is -4.85. The van der Waals surface area contributed by atoms with Gasteiger partial charge in [-0.1, -0.05) is 30.3 Å². The van der Waals surface area contributed by atoms with Crippen LogP contribution in [0.3, 0.4) is 0 Å². The zero-order chi connectivity index (χ0) is 40.5. The summed E-state index contributed by atoms with van der Waals surface area (Å²) in [5, 5.41) is 22.2. The smallest absolute Gasteiger partial charge is 0.303 e. The van der Waals surface area contributed by atoms with E-state index >= 15 is 0 Å². The summed E-state index contributed by atoms with van der Waals surface area (Å²) in [6.45, 7) is 7.26. The number of hydrogen-bond acceptors (Lipinski definition) is 16. The Morgan fingerprint density at radius 3 is 1.62 bits per heavy atom. The van der Waals surface area contributed by atoms with E-state index in [-0.39, 0.29) is 28.9 Å². The quantitative estimate of drug-likeness (QED) is 0.161. The van der Waals surface area contributed by atoms with Crippen LogP contribution in [-0.2, 0) is 73.3 Å². The third-order valence-electron chi connectivity index (χ3n) is 9.92. The van der Waals surface area contributed by atoms with Crippen molar-refractivity contribution in [3.05, 3.63) is 58.2 Å². The van der Waals surface area contributed by atoms with Gasteiger partial charge >= 0.3 is 17.9 Å². The molecule has 4 amide bonds. The van der Waals surface area contributed by atoms with Crippen molar-refractivity contribution < 1.29 is 76.9 Å². The Labute approximate surface area is 315 Å². The number of rotatable bonds is 12. The molecule has 4 aliphatic heterocycles. The fraction of sp³-hybridized carbons (Fsp3) is 0.541. The van der Waals surface area contributed by atoms with Crippen LogP contribution < -0.4 is 0 Å². The molecule has 4 heterocycles. The van der Waals surface area contributed by atoms with E-state index in [1.807, 2.05) is 0 Å². The first kappa shape index (κ1) is 41.3. The van der Waals surface area contributed by atoms with Gasteiger partial charge in [-0.15, -0.1) is 0 Å². The summed E-state index contributed by atoms with van der Waals surface area (Å²) in [5.41, 5.74) is 0.886. The van der Waals surface area contributed by atoms with Crippen LogP contribution in [0.5, 0.6) is 0 Å². The van der Waals surface area contributed by atoms with E-state index in [4.69, 9.17) is 33.2 Å². The van der Waals surface area contributed by atoms with Crippen molar-refractivity contribution >= 4 is 41.5 Å². The molecule has 0 aromatic heterocycles. The van der Waals surface area contributed by atoms with E-state index in [1.165, 1.54) is 27.7 Å². The molecule has 55 heavy (non-hydrogen) atoms. The molecule has 0 spiro atoms. The molecule has 1 aromatic rings. The standard InChI is InChI=1S/C37H44N2O16/c1-16-17(2)33(46)38(32(16)45)26-30(28(44)24(13-40)53-36(26)50-14-23-11-9-8-10-12-23)55-37-27(39-34(47)18(3)19(4)35(39)48)31(52-22(7)43)29(51-21(6)42)25(54-37)15-49-20(5)41/h8-12,24-31,36-37,40,44H,13-15H2,1-7H3/t24-,25-,26-,27-,28-,29-,30-,31-,36-,37+/m1/s1. The van der Waals surface area contributed by atoms with Crippen molar-refractivity contribution in [2.75, 3.05) is 13.2 Å². The van der Waals surface area contributed by atoms with Gasteiger partial charge in [0.15, 0.2) is 24.8 Å². The first-order valence-electron chi connectivity index (χ1n) is 17.5. The maximum atomic E-state index is 13.8. The zero-order valence-electron chi connectivity index (χ0n) is 31.3. The summed E-state index contributed by atoms with van der Waals surface area (Å²) in [6, 6.07) is 5.39. The molecule has 0 radical (unpaired) electrons. The molecule has 2 fully saturated rings. The molecule has 0 unspecified atom stereocenters. The summed E-state index contributed by atoms with van der Waals surface area (Å²) < 4.78 is 41.2. The lowest BCUT2D eigenvalue weighted by molar-refractivity contribution is -0.342. The minimum absolute atomic E-state index is 0.0281. The number of nitrogens with zero attached hydrogens (tertiary/aromatic N) is 2. The van der Waals surface area contributed by atoms with Crippen LogP contribution in [0.25, 0.3) is 0 Å². The van der Waals surface area contributed by atoms with Gasteiger partial charge in [-0.3, -0.25) is 43.4 Å². The largest absolute Gasteiger partial charge is 0.463 e. The summed E-state index contributed by atoms with van der Waals surface area (Å²) in [7, 11) is 0. The second kappa shape index (κ2) is 16.9. The third-order valence-corrected chi connectivity index (χ3v) is 9.92. The number of imide groups is 2. The Kier molecular flexibility index (Phi) is 12.7. The number of benzene rings is 1. The maximum Gasteiger partial charge on any atom is 0.303 e. The van der Waals surface area contributed by atoms with Crippen LogP contribution >= 0.6 is 0 Å². The van der Waals surface area contributed by atoms with Gasteiger partial charge in [-0.2, -0.15) is 0 Å².